The van der Waals surface area contributed by atoms with E-state index < -0.39 is 40.8 Å². The summed E-state index contributed by atoms with van der Waals surface area (Å²) in [6.07, 6.45) is -8.04. The number of hydrogen-bond donors (Lipinski definition) is 0. The molecule has 1 amide bonds. The van der Waals surface area contributed by atoms with Crippen LogP contribution in [0.2, 0.25) is 0 Å². The highest BCUT2D eigenvalue weighted by molar-refractivity contribution is 5.96. The Balaban J connectivity index is 1.36. The molecule has 0 radical (unpaired) electrons. The molecular formula is C24H17F7N6O. The van der Waals surface area contributed by atoms with Crippen LogP contribution in [0.5, 0.6) is 0 Å². The van der Waals surface area contributed by atoms with Crippen LogP contribution < -0.4 is 4.90 Å². The molecule has 38 heavy (non-hydrogen) atoms. The lowest BCUT2D eigenvalue weighted by Crippen LogP contribution is -2.49. The van der Waals surface area contributed by atoms with E-state index in [9.17, 15) is 35.5 Å². The van der Waals surface area contributed by atoms with E-state index in [0.29, 0.717) is 11.8 Å². The number of carbonyl (C=O) groups excluding carboxylic acids is 1. The van der Waals surface area contributed by atoms with Gasteiger partial charge >= 0.3 is 12.4 Å². The number of piperazine rings is 1. The zero-order chi connectivity index (χ0) is 27.2. The molecule has 7 nitrogen and oxygen atoms in total. The first-order chi connectivity index (χ1) is 17.9. The van der Waals surface area contributed by atoms with Gasteiger partial charge in [-0.3, -0.25) is 4.79 Å². The number of amides is 1. The normalized spacial score (nSPS) is 14.8. The fourth-order valence-corrected chi connectivity index (χ4v) is 4.21. The Kier molecular flexibility index (Phi) is 6.19. The van der Waals surface area contributed by atoms with Gasteiger partial charge in [0.1, 0.15) is 5.82 Å². The SMILES string of the molecule is O=C(c1ccc(F)cc1C(F)(F)F)N1CCN(c2nc3nccc(-c4cccc(C(F)(F)F)c4)n3n2)CC1. The second-order valence-electron chi connectivity index (χ2n) is 8.50. The molecule has 1 aliphatic heterocycles. The van der Waals surface area contributed by atoms with Crippen LogP contribution in [0.1, 0.15) is 21.5 Å². The molecule has 3 heterocycles. The van der Waals surface area contributed by atoms with Crippen LogP contribution in [0, 0.1) is 5.82 Å². The minimum absolute atomic E-state index is 0.0387. The lowest BCUT2D eigenvalue weighted by Gasteiger charge is -2.34. The van der Waals surface area contributed by atoms with Crippen LogP contribution in [0.4, 0.5) is 36.7 Å². The zero-order valence-electron chi connectivity index (χ0n) is 19.3. The number of anilines is 1. The van der Waals surface area contributed by atoms with Crippen molar-refractivity contribution in [1.29, 1.82) is 0 Å². The van der Waals surface area contributed by atoms with Gasteiger partial charge in [0, 0.05) is 37.9 Å². The predicted octanol–water partition coefficient (Wildman–Crippen LogP) is 4.93. The van der Waals surface area contributed by atoms with Crippen LogP contribution in [-0.2, 0) is 12.4 Å². The molecule has 14 heteroatoms. The summed E-state index contributed by atoms with van der Waals surface area (Å²) in [5.74, 6) is -1.65. The van der Waals surface area contributed by atoms with E-state index in [1.165, 1.54) is 33.8 Å². The highest BCUT2D eigenvalue weighted by Gasteiger charge is 2.37. The van der Waals surface area contributed by atoms with Crippen molar-refractivity contribution in [3.63, 3.8) is 0 Å². The van der Waals surface area contributed by atoms with Crippen molar-refractivity contribution in [2.45, 2.75) is 12.4 Å². The fraction of sp³-hybridized carbons (Fsp3) is 0.250. The Bertz CT molecular complexity index is 1510. The van der Waals surface area contributed by atoms with Gasteiger partial charge in [0.15, 0.2) is 0 Å². The average Bonchev–Trinajstić information content (AvgIpc) is 3.32. The van der Waals surface area contributed by atoms with E-state index >= 15 is 0 Å². The van der Waals surface area contributed by atoms with Crippen molar-refractivity contribution >= 4 is 17.6 Å². The first kappa shape index (κ1) is 25.4. The summed E-state index contributed by atoms with van der Waals surface area (Å²) in [5.41, 5.74) is -2.24. The molecule has 2 aromatic carbocycles. The van der Waals surface area contributed by atoms with E-state index in [4.69, 9.17) is 0 Å². The molecule has 198 valence electrons. The lowest BCUT2D eigenvalue weighted by molar-refractivity contribution is -0.138. The number of carbonyl (C=O) groups is 1. The van der Waals surface area contributed by atoms with Crippen LogP contribution in [-0.4, -0.2) is 56.6 Å². The quantitative estimate of drug-likeness (QED) is 0.346. The van der Waals surface area contributed by atoms with Gasteiger partial charge in [-0.2, -0.15) is 35.8 Å². The maximum Gasteiger partial charge on any atom is 0.417 e. The number of halogens is 7. The lowest BCUT2D eigenvalue weighted by atomic mass is 10.0. The topological polar surface area (TPSA) is 66.6 Å². The minimum Gasteiger partial charge on any atom is -0.336 e. The summed E-state index contributed by atoms with van der Waals surface area (Å²) in [6, 6.07) is 8.14. The largest absolute Gasteiger partial charge is 0.417 e. The summed E-state index contributed by atoms with van der Waals surface area (Å²) < 4.78 is 94.3. The van der Waals surface area contributed by atoms with Gasteiger partial charge in [0.25, 0.3) is 11.7 Å². The number of alkyl halides is 6. The van der Waals surface area contributed by atoms with Gasteiger partial charge < -0.3 is 9.80 Å². The smallest absolute Gasteiger partial charge is 0.336 e. The summed E-state index contributed by atoms with van der Waals surface area (Å²) >= 11 is 0. The van der Waals surface area contributed by atoms with Crippen molar-refractivity contribution < 1.29 is 35.5 Å². The molecule has 2 aromatic heterocycles. The summed E-state index contributed by atoms with van der Waals surface area (Å²) in [6.45, 7) is 0.419. The second-order valence-corrected chi connectivity index (χ2v) is 8.50. The summed E-state index contributed by atoms with van der Waals surface area (Å²) in [5, 5.41) is 4.38. The van der Waals surface area contributed by atoms with Crippen LogP contribution >= 0.6 is 0 Å². The molecule has 0 unspecified atom stereocenters. The monoisotopic (exact) mass is 538 g/mol. The minimum atomic E-state index is -4.90. The number of nitrogens with zero attached hydrogens (tertiary/aromatic N) is 6. The van der Waals surface area contributed by atoms with E-state index in [-0.39, 0.29) is 43.5 Å². The molecule has 0 aliphatic carbocycles. The zero-order valence-corrected chi connectivity index (χ0v) is 19.3. The highest BCUT2D eigenvalue weighted by atomic mass is 19.4. The Labute approximate surface area is 210 Å². The third-order valence-electron chi connectivity index (χ3n) is 6.08. The number of fused-ring (bicyclic) bond motifs is 1. The first-order valence-corrected chi connectivity index (χ1v) is 11.2. The predicted molar refractivity (Wildman–Crippen MR) is 121 cm³/mol. The maximum atomic E-state index is 13.4. The summed E-state index contributed by atoms with van der Waals surface area (Å²) in [7, 11) is 0. The molecule has 0 spiro atoms. The van der Waals surface area contributed by atoms with Gasteiger partial charge in [-0.05, 0) is 36.4 Å². The highest BCUT2D eigenvalue weighted by Crippen LogP contribution is 2.34. The Morgan fingerprint density at radius 3 is 2.29 bits per heavy atom. The molecule has 1 fully saturated rings. The number of hydrogen-bond acceptors (Lipinski definition) is 5. The van der Waals surface area contributed by atoms with Crippen molar-refractivity contribution in [3.05, 3.63) is 77.2 Å². The number of benzene rings is 2. The molecule has 0 saturated carbocycles. The van der Waals surface area contributed by atoms with E-state index in [0.717, 1.165) is 24.3 Å². The van der Waals surface area contributed by atoms with Crippen molar-refractivity contribution in [2.24, 2.45) is 0 Å². The van der Waals surface area contributed by atoms with Gasteiger partial charge in [-0.25, -0.2) is 9.37 Å². The molecule has 0 N–H and O–H groups in total. The van der Waals surface area contributed by atoms with Crippen LogP contribution in [0.15, 0.2) is 54.7 Å². The molecule has 4 aromatic rings. The Morgan fingerprint density at radius 1 is 0.868 bits per heavy atom. The van der Waals surface area contributed by atoms with Crippen molar-refractivity contribution in [1.82, 2.24) is 24.5 Å². The fourth-order valence-electron chi connectivity index (χ4n) is 4.21. The standard InChI is InChI=1S/C24H17F7N6O/c25-16-4-5-17(18(13-16)24(29,30)31)20(38)35-8-10-36(11-9-35)22-33-21-32-7-6-19(37(21)34-22)14-2-1-3-15(12-14)23(26,27)28/h1-7,12-13H,8-11H2. The Hall–Kier alpha value is -4.23. The Morgan fingerprint density at radius 2 is 1.61 bits per heavy atom. The second kappa shape index (κ2) is 9.26. The first-order valence-electron chi connectivity index (χ1n) is 11.2. The third kappa shape index (κ3) is 4.85. The van der Waals surface area contributed by atoms with Crippen LogP contribution in [0.25, 0.3) is 17.0 Å². The molecular weight excluding hydrogens is 521 g/mol. The van der Waals surface area contributed by atoms with Crippen molar-refractivity contribution in [2.75, 3.05) is 31.1 Å². The molecule has 5 rings (SSSR count). The maximum absolute atomic E-state index is 13.4. The van der Waals surface area contributed by atoms with E-state index in [1.54, 1.807) is 4.90 Å². The van der Waals surface area contributed by atoms with Gasteiger partial charge in [0.05, 0.1) is 22.4 Å². The van der Waals surface area contributed by atoms with Gasteiger partial charge in [0.2, 0.25) is 5.95 Å². The third-order valence-corrected chi connectivity index (χ3v) is 6.08. The van der Waals surface area contributed by atoms with Crippen molar-refractivity contribution in [3.8, 4) is 11.3 Å². The van der Waals surface area contributed by atoms with Gasteiger partial charge in [-0.15, -0.1) is 5.10 Å². The average molecular weight is 538 g/mol. The van der Waals surface area contributed by atoms with Crippen LogP contribution in [0.3, 0.4) is 0 Å². The molecule has 1 aliphatic rings. The number of rotatable bonds is 3. The molecule has 0 atom stereocenters. The number of aromatic nitrogens is 4. The summed E-state index contributed by atoms with van der Waals surface area (Å²) in [4.78, 5) is 24.2. The van der Waals surface area contributed by atoms with Gasteiger partial charge in [-0.1, -0.05) is 12.1 Å². The van der Waals surface area contributed by atoms with E-state index in [2.05, 4.69) is 15.1 Å². The van der Waals surface area contributed by atoms with E-state index in [1.807, 2.05) is 0 Å². The molecule has 0 bridgehead atoms. The molecule has 1 saturated heterocycles.